The lowest BCUT2D eigenvalue weighted by atomic mass is 9.98. The van der Waals surface area contributed by atoms with Crippen LogP contribution >= 0.6 is 0 Å². The normalized spacial score (nSPS) is 20.6. The summed E-state index contributed by atoms with van der Waals surface area (Å²) in [6.45, 7) is 3.35. The Bertz CT molecular complexity index is 1280. The molecule has 9 unspecified atom stereocenters. The lowest BCUT2D eigenvalue weighted by Crippen LogP contribution is -2.60. The molecule has 1 aliphatic heterocycles. The van der Waals surface area contributed by atoms with Gasteiger partial charge in [-0.1, -0.05) is 223 Å². The Morgan fingerprint density at radius 2 is 0.943 bits per heavy atom. The fourth-order valence-corrected chi connectivity index (χ4v) is 9.14. The third-order valence-corrected chi connectivity index (χ3v) is 13.8. The van der Waals surface area contributed by atoms with E-state index in [0.717, 1.165) is 51.4 Å². The molecule has 1 heterocycles. The van der Waals surface area contributed by atoms with Gasteiger partial charge >= 0.3 is 0 Å². The number of hydrogen-bond donors (Lipinski definition) is 8. The van der Waals surface area contributed by atoms with E-state index in [0.29, 0.717) is 19.3 Å². The van der Waals surface area contributed by atoms with E-state index in [9.17, 15) is 40.5 Å². The third kappa shape index (κ3) is 36.1. The van der Waals surface area contributed by atoms with Gasteiger partial charge in [0.1, 0.15) is 36.6 Å². The number of ether oxygens (including phenoxy) is 2. The molecule has 9 atom stereocenters. The smallest absolute Gasteiger partial charge is 0.249 e. The number of nitrogens with one attached hydrogen (secondary N) is 1. The van der Waals surface area contributed by atoms with Crippen molar-refractivity contribution in [1.29, 1.82) is 0 Å². The SMILES string of the molecule is CC/C=C\C/C=C\CCCCCCCCCCCCCCCC(O)C(=O)NC(COC1OC(CO)C(O)C(O)C1O)C(O)C(O)CCC/C=C/CC/C=C/CCCCCCCCCCCCCCCC. The van der Waals surface area contributed by atoms with E-state index in [1.165, 1.54) is 154 Å². The van der Waals surface area contributed by atoms with E-state index in [2.05, 4.69) is 67.8 Å². The summed E-state index contributed by atoms with van der Waals surface area (Å²) in [5.41, 5.74) is 0. The van der Waals surface area contributed by atoms with Crippen LogP contribution in [0.5, 0.6) is 0 Å². The van der Waals surface area contributed by atoms with E-state index < -0.39 is 74.2 Å². The maximum atomic E-state index is 13.2. The van der Waals surface area contributed by atoms with Crippen LogP contribution in [-0.4, -0.2) is 110 Å². The molecule has 1 fully saturated rings. The molecule has 11 heteroatoms. The molecule has 0 saturated carbocycles. The third-order valence-electron chi connectivity index (χ3n) is 13.8. The van der Waals surface area contributed by atoms with Crippen molar-refractivity contribution >= 4 is 5.91 Å². The standard InChI is InChI=1S/C59H109NO10/c1-3-5-7-9-11-13-15-17-19-21-23-25-26-27-29-30-32-34-36-38-40-42-44-46-51(62)54(64)50(49-69-59-57(67)56(66)55(65)53(48-61)70-59)60-58(68)52(63)47-45-43-41-39-37-35-33-31-28-24-22-20-18-16-14-12-10-8-6-4-2/h6,8,12,14,30,32,38,40,50-57,59,61-67H,3-5,7,9-11,13,15-29,31,33-37,39,41-49H2,1-2H3,(H,60,68)/b8-6-,14-12-,32-30+,40-38+. The number of aliphatic hydroxyl groups excluding tert-OH is 7. The Balaban J connectivity index is 2.34. The molecule has 0 bridgehead atoms. The second-order valence-corrected chi connectivity index (χ2v) is 20.3. The average Bonchev–Trinajstić information content (AvgIpc) is 3.36. The first-order chi connectivity index (χ1) is 34.2. The summed E-state index contributed by atoms with van der Waals surface area (Å²) >= 11 is 0. The summed E-state index contributed by atoms with van der Waals surface area (Å²) in [4.78, 5) is 13.2. The lowest BCUT2D eigenvalue weighted by Gasteiger charge is -2.40. The van der Waals surface area contributed by atoms with Crippen molar-refractivity contribution in [3.05, 3.63) is 48.6 Å². The van der Waals surface area contributed by atoms with E-state index in [-0.39, 0.29) is 12.8 Å². The first-order valence-electron chi connectivity index (χ1n) is 29.0. The highest BCUT2D eigenvalue weighted by molar-refractivity contribution is 5.80. The molecule has 8 N–H and O–H groups in total. The molecule has 0 spiro atoms. The Morgan fingerprint density at radius 1 is 0.514 bits per heavy atom. The van der Waals surface area contributed by atoms with Gasteiger partial charge in [-0.3, -0.25) is 4.79 Å². The van der Waals surface area contributed by atoms with Gasteiger partial charge in [-0.2, -0.15) is 0 Å². The van der Waals surface area contributed by atoms with Crippen LogP contribution in [-0.2, 0) is 14.3 Å². The van der Waals surface area contributed by atoms with Crippen LogP contribution in [0.1, 0.15) is 251 Å². The zero-order chi connectivity index (χ0) is 51.1. The second kappa shape index (κ2) is 48.0. The first kappa shape index (κ1) is 66.1. The Labute approximate surface area is 428 Å². The van der Waals surface area contributed by atoms with Crippen LogP contribution in [0, 0.1) is 0 Å². The van der Waals surface area contributed by atoms with Crippen LogP contribution in [0.3, 0.4) is 0 Å². The summed E-state index contributed by atoms with van der Waals surface area (Å²) in [6.07, 6.45) is 48.8. The van der Waals surface area contributed by atoms with Crippen molar-refractivity contribution in [3.63, 3.8) is 0 Å². The van der Waals surface area contributed by atoms with Crippen LogP contribution in [0.2, 0.25) is 0 Å². The lowest BCUT2D eigenvalue weighted by molar-refractivity contribution is -0.303. The minimum absolute atomic E-state index is 0.246. The predicted octanol–water partition coefficient (Wildman–Crippen LogP) is 12.1. The average molecular weight is 993 g/mol. The maximum Gasteiger partial charge on any atom is 0.249 e. The van der Waals surface area contributed by atoms with Crippen molar-refractivity contribution < 1.29 is 50.0 Å². The number of rotatable bonds is 49. The zero-order valence-corrected chi connectivity index (χ0v) is 44.7. The van der Waals surface area contributed by atoms with Crippen molar-refractivity contribution in [2.45, 2.75) is 306 Å². The summed E-state index contributed by atoms with van der Waals surface area (Å²) in [7, 11) is 0. The van der Waals surface area contributed by atoms with Crippen molar-refractivity contribution in [2.75, 3.05) is 13.2 Å². The predicted molar refractivity (Wildman–Crippen MR) is 288 cm³/mol. The number of carbonyl (C=O) groups excluding carboxylic acids is 1. The van der Waals surface area contributed by atoms with Gasteiger partial charge in [0.05, 0.1) is 25.4 Å². The van der Waals surface area contributed by atoms with E-state index in [1.807, 2.05) is 0 Å². The molecule has 0 radical (unpaired) electrons. The Morgan fingerprint density at radius 3 is 1.43 bits per heavy atom. The minimum Gasteiger partial charge on any atom is -0.394 e. The largest absolute Gasteiger partial charge is 0.394 e. The number of allylic oxidation sites excluding steroid dienone is 8. The van der Waals surface area contributed by atoms with Gasteiger partial charge in [0.25, 0.3) is 0 Å². The number of hydrogen-bond acceptors (Lipinski definition) is 10. The molecule has 0 aromatic heterocycles. The van der Waals surface area contributed by atoms with Crippen molar-refractivity contribution in [1.82, 2.24) is 5.32 Å². The van der Waals surface area contributed by atoms with Gasteiger partial charge in [-0.05, 0) is 77.0 Å². The van der Waals surface area contributed by atoms with Crippen LogP contribution in [0.25, 0.3) is 0 Å². The van der Waals surface area contributed by atoms with E-state index in [1.54, 1.807) is 0 Å². The number of unbranched alkanes of at least 4 members (excludes halogenated alkanes) is 29. The van der Waals surface area contributed by atoms with Crippen molar-refractivity contribution in [3.8, 4) is 0 Å². The van der Waals surface area contributed by atoms with Crippen LogP contribution < -0.4 is 5.32 Å². The van der Waals surface area contributed by atoms with Gasteiger partial charge in [0, 0.05) is 0 Å². The summed E-state index contributed by atoms with van der Waals surface area (Å²) < 4.78 is 11.1. The highest BCUT2D eigenvalue weighted by Crippen LogP contribution is 2.23. The van der Waals surface area contributed by atoms with Gasteiger partial charge in [-0.15, -0.1) is 0 Å². The molecule has 1 rings (SSSR count). The van der Waals surface area contributed by atoms with Gasteiger partial charge in [-0.25, -0.2) is 0 Å². The Kier molecular flexibility index (Phi) is 45.3. The topological polar surface area (TPSA) is 189 Å². The molecule has 1 aliphatic rings. The van der Waals surface area contributed by atoms with E-state index in [4.69, 9.17) is 9.47 Å². The molecule has 1 saturated heterocycles. The first-order valence-corrected chi connectivity index (χ1v) is 29.0. The van der Waals surface area contributed by atoms with Crippen molar-refractivity contribution in [2.24, 2.45) is 0 Å². The minimum atomic E-state index is -1.67. The Hall–Kier alpha value is -1.93. The quantitative estimate of drug-likeness (QED) is 0.0215. The molecule has 0 aromatic carbocycles. The van der Waals surface area contributed by atoms with Gasteiger partial charge < -0.3 is 50.5 Å². The molecule has 0 aromatic rings. The molecule has 410 valence electrons. The molecule has 1 amide bonds. The molecule has 0 aliphatic carbocycles. The number of aliphatic hydroxyl groups is 7. The fraction of sp³-hybridized carbons (Fsp3) is 0.847. The van der Waals surface area contributed by atoms with Gasteiger partial charge in [0.15, 0.2) is 6.29 Å². The maximum absolute atomic E-state index is 13.2. The summed E-state index contributed by atoms with van der Waals surface area (Å²) in [5.74, 6) is -0.711. The fourth-order valence-electron chi connectivity index (χ4n) is 9.14. The highest BCUT2D eigenvalue weighted by atomic mass is 16.7. The monoisotopic (exact) mass is 992 g/mol. The number of carbonyl (C=O) groups is 1. The zero-order valence-electron chi connectivity index (χ0n) is 44.7. The second-order valence-electron chi connectivity index (χ2n) is 20.3. The number of amides is 1. The summed E-state index contributed by atoms with van der Waals surface area (Å²) in [5, 5.41) is 76.1. The molecule has 11 nitrogen and oxygen atoms in total. The van der Waals surface area contributed by atoms with E-state index >= 15 is 0 Å². The summed E-state index contributed by atoms with van der Waals surface area (Å²) in [6, 6.07) is -1.19. The highest BCUT2D eigenvalue weighted by Gasteiger charge is 2.44. The van der Waals surface area contributed by atoms with Gasteiger partial charge in [0.2, 0.25) is 5.91 Å². The molecular formula is C59H109NO10. The van der Waals surface area contributed by atoms with Crippen LogP contribution in [0.15, 0.2) is 48.6 Å². The molecular weight excluding hydrogens is 883 g/mol. The molecule has 70 heavy (non-hydrogen) atoms. The van der Waals surface area contributed by atoms with Crippen LogP contribution in [0.4, 0.5) is 0 Å².